The number of aliphatic hydroxyl groups excluding tert-OH is 2. The molecule has 0 aliphatic carbocycles. The fraction of sp³-hybridized carbons (Fsp3) is 0.417. The van der Waals surface area contributed by atoms with E-state index >= 15 is 0 Å². The van der Waals surface area contributed by atoms with Crippen LogP contribution < -0.4 is 11.1 Å². The number of anilines is 1. The van der Waals surface area contributed by atoms with E-state index in [4.69, 9.17) is 15.9 Å². The van der Waals surface area contributed by atoms with Gasteiger partial charge in [0, 0.05) is 5.69 Å². The minimum absolute atomic E-state index is 0.346. The van der Waals surface area contributed by atoms with Gasteiger partial charge >= 0.3 is 0 Å². The molecule has 94 valence electrons. The summed E-state index contributed by atoms with van der Waals surface area (Å²) in [5.74, 6) is -0.397. The summed E-state index contributed by atoms with van der Waals surface area (Å²) < 4.78 is 0. The number of benzene rings is 1. The molecule has 1 rings (SSSR count). The molecular weight excluding hydrogens is 220 g/mol. The number of carbonyl (C=O) groups is 1. The molecule has 5 N–H and O–H groups in total. The Morgan fingerprint density at radius 1 is 1.41 bits per heavy atom. The topological polar surface area (TPSA) is 95.6 Å². The van der Waals surface area contributed by atoms with E-state index in [0.29, 0.717) is 11.3 Å². The van der Waals surface area contributed by atoms with Gasteiger partial charge in [-0.2, -0.15) is 0 Å². The summed E-state index contributed by atoms with van der Waals surface area (Å²) in [6, 6.07) is 5.18. The summed E-state index contributed by atoms with van der Waals surface area (Å²) in [5.41, 5.74) is 6.19. The van der Waals surface area contributed by atoms with E-state index < -0.39 is 11.4 Å². The maximum absolute atomic E-state index is 12.0. The van der Waals surface area contributed by atoms with Crippen LogP contribution in [0.1, 0.15) is 22.8 Å². The molecule has 0 aliphatic rings. The van der Waals surface area contributed by atoms with E-state index in [1.807, 2.05) is 0 Å². The van der Waals surface area contributed by atoms with Gasteiger partial charge < -0.3 is 21.3 Å². The van der Waals surface area contributed by atoms with Gasteiger partial charge in [0.05, 0.1) is 24.3 Å². The average molecular weight is 238 g/mol. The maximum Gasteiger partial charge on any atom is 0.254 e. The summed E-state index contributed by atoms with van der Waals surface area (Å²) in [6.45, 7) is 2.64. The second-order valence-electron chi connectivity index (χ2n) is 4.37. The van der Waals surface area contributed by atoms with Gasteiger partial charge in [-0.15, -0.1) is 0 Å². The van der Waals surface area contributed by atoms with E-state index in [0.717, 1.165) is 5.56 Å². The second kappa shape index (κ2) is 5.16. The van der Waals surface area contributed by atoms with Crippen LogP contribution in [0.5, 0.6) is 0 Å². The fourth-order valence-corrected chi connectivity index (χ4v) is 1.47. The highest BCUT2D eigenvalue weighted by Gasteiger charge is 2.26. The van der Waals surface area contributed by atoms with Crippen LogP contribution in [0.2, 0.25) is 0 Å². The minimum Gasteiger partial charge on any atom is -0.398 e. The van der Waals surface area contributed by atoms with E-state index in [2.05, 4.69) is 5.32 Å². The first-order chi connectivity index (χ1) is 7.93. The van der Waals surface area contributed by atoms with Crippen LogP contribution in [0.25, 0.3) is 0 Å². The van der Waals surface area contributed by atoms with Gasteiger partial charge in [0.15, 0.2) is 0 Å². The van der Waals surface area contributed by atoms with E-state index in [1.54, 1.807) is 32.0 Å². The summed E-state index contributed by atoms with van der Waals surface area (Å²) >= 11 is 0. The molecule has 0 aliphatic heterocycles. The third kappa shape index (κ3) is 2.95. The van der Waals surface area contributed by atoms with Crippen LogP contribution in [0.3, 0.4) is 0 Å². The lowest BCUT2D eigenvalue weighted by Gasteiger charge is -2.26. The zero-order valence-corrected chi connectivity index (χ0v) is 10.0. The molecule has 0 unspecified atom stereocenters. The Hall–Kier alpha value is -1.59. The maximum atomic E-state index is 12.0. The number of aryl methyl sites for hydroxylation is 1. The van der Waals surface area contributed by atoms with Crippen molar-refractivity contribution in [1.29, 1.82) is 0 Å². The first-order valence-electron chi connectivity index (χ1n) is 5.33. The molecule has 17 heavy (non-hydrogen) atoms. The third-order valence-corrected chi connectivity index (χ3v) is 2.65. The fourth-order valence-electron chi connectivity index (χ4n) is 1.47. The molecule has 5 heteroatoms. The Balaban J connectivity index is 2.98. The predicted octanol–water partition coefficient (Wildman–Crippen LogP) is 0.0503. The number of nitrogen functional groups attached to an aromatic ring is 1. The molecular formula is C12H18N2O3. The lowest BCUT2D eigenvalue weighted by atomic mass is 10.0. The Labute approximate surface area is 100 Å². The molecule has 0 bridgehead atoms. The third-order valence-electron chi connectivity index (χ3n) is 2.65. The van der Waals surface area contributed by atoms with Gasteiger partial charge in [-0.05, 0) is 25.5 Å². The number of hydrogen-bond acceptors (Lipinski definition) is 4. The van der Waals surface area contributed by atoms with Crippen molar-refractivity contribution < 1.29 is 15.0 Å². The highest BCUT2D eigenvalue weighted by molar-refractivity contribution is 6.00. The number of amides is 1. The Morgan fingerprint density at radius 2 is 2.00 bits per heavy atom. The first-order valence-corrected chi connectivity index (χ1v) is 5.33. The Bertz CT molecular complexity index is 394. The van der Waals surface area contributed by atoms with Gasteiger partial charge in [0.1, 0.15) is 0 Å². The zero-order valence-electron chi connectivity index (χ0n) is 10.0. The monoisotopic (exact) mass is 238 g/mol. The van der Waals surface area contributed by atoms with Crippen molar-refractivity contribution in [3.05, 3.63) is 29.3 Å². The number of hydrogen-bond donors (Lipinski definition) is 4. The summed E-state index contributed by atoms with van der Waals surface area (Å²) in [5, 5.41) is 20.8. The number of nitrogens with two attached hydrogens (primary N) is 1. The van der Waals surface area contributed by atoms with Crippen LogP contribution in [-0.2, 0) is 0 Å². The minimum atomic E-state index is -1.05. The summed E-state index contributed by atoms with van der Waals surface area (Å²) in [7, 11) is 0. The highest BCUT2D eigenvalue weighted by Crippen LogP contribution is 2.17. The average Bonchev–Trinajstić information content (AvgIpc) is 2.28. The van der Waals surface area contributed by atoms with Crippen molar-refractivity contribution in [1.82, 2.24) is 5.32 Å². The first kappa shape index (κ1) is 13.5. The smallest absolute Gasteiger partial charge is 0.254 e. The summed E-state index contributed by atoms with van der Waals surface area (Å²) in [6.07, 6.45) is 0. The zero-order chi connectivity index (χ0) is 13.1. The number of carbonyl (C=O) groups excluding carboxylic acids is 1. The standard InChI is InChI=1S/C12H18N2O3/c1-8-4-3-5-9(13)10(8)11(17)14-12(2,6-15)7-16/h3-5,15-16H,6-7,13H2,1-2H3,(H,14,17). The van der Waals surface area contributed by atoms with Crippen LogP contribution in [0.15, 0.2) is 18.2 Å². The van der Waals surface area contributed by atoms with Crippen molar-refractivity contribution in [2.24, 2.45) is 0 Å². The number of nitrogens with one attached hydrogen (secondary N) is 1. The lowest BCUT2D eigenvalue weighted by Crippen LogP contribution is -2.52. The SMILES string of the molecule is Cc1cccc(N)c1C(=O)NC(C)(CO)CO. The number of aliphatic hydroxyl groups is 2. The molecule has 0 spiro atoms. The van der Waals surface area contributed by atoms with Crippen molar-refractivity contribution in [2.45, 2.75) is 19.4 Å². The van der Waals surface area contributed by atoms with Gasteiger partial charge in [-0.25, -0.2) is 0 Å². The van der Waals surface area contributed by atoms with E-state index in [1.165, 1.54) is 0 Å². The van der Waals surface area contributed by atoms with Crippen LogP contribution in [-0.4, -0.2) is 34.9 Å². The lowest BCUT2D eigenvalue weighted by molar-refractivity contribution is 0.0724. The Morgan fingerprint density at radius 3 is 2.47 bits per heavy atom. The van der Waals surface area contributed by atoms with Gasteiger partial charge in [-0.1, -0.05) is 12.1 Å². The quantitative estimate of drug-likeness (QED) is 0.557. The molecule has 0 heterocycles. The molecule has 0 saturated carbocycles. The van der Waals surface area contributed by atoms with Gasteiger partial charge in [0.2, 0.25) is 0 Å². The van der Waals surface area contributed by atoms with Crippen molar-refractivity contribution >= 4 is 11.6 Å². The normalized spacial score (nSPS) is 11.3. The van der Waals surface area contributed by atoms with Crippen molar-refractivity contribution in [2.75, 3.05) is 18.9 Å². The second-order valence-corrected chi connectivity index (χ2v) is 4.37. The van der Waals surface area contributed by atoms with Crippen molar-refractivity contribution in [3.63, 3.8) is 0 Å². The highest BCUT2D eigenvalue weighted by atomic mass is 16.3. The molecule has 0 aromatic heterocycles. The van der Waals surface area contributed by atoms with Gasteiger partial charge in [0.25, 0.3) is 5.91 Å². The van der Waals surface area contributed by atoms with Crippen molar-refractivity contribution in [3.8, 4) is 0 Å². The molecule has 0 fully saturated rings. The molecule has 0 saturated heterocycles. The van der Waals surface area contributed by atoms with Gasteiger partial charge in [-0.3, -0.25) is 4.79 Å². The molecule has 0 radical (unpaired) electrons. The van der Waals surface area contributed by atoms with E-state index in [-0.39, 0.29) is 13.2 Å². The van der Waals surface area contributed by atoms with Crippen LogP contribution >= 0.6 is 0 Å². The molecule has 1 aromatic carbocycles. The molecule has 0 atom stereocenters. The number of rotatable bonds is 4. The largest absolute Gasteiger partial charge is 0.398 e. The predicted molar refractivity (Wildman–Crippen MR) is 65.6 cm³/mol. The van der Waals surface area contributed by atoms with Crippen LogP contribution in [0.4, 0.5) is 5.69 Å². The molecule has 1 amide bonds. The molecule has 1 aromatic rings. The molecule has 5 nitrogen and oxygen atoms in total. The van der Waals surface area contributed by atoms with E-state index in [9.17, 15) is 4.79 Å². The van der Waals surface area contributed by atoms with Crippen LogP contribution in [0, 0.1) is 6.92 Å². The summed E-state index contributed by atoms with van der Waals surface area (Å²) in [4.78, 5) is 12.0. The Kier molecular flexibility index (Phi) is 4.09.